The molecule has 0 radical (unpaired) electrons. The van der Waals surface area contributed by atoms with Gasteiger partial charge in [0.25, 0.3) is 5.56 Å². The number of nitrogens with zero attached hydrogens (tertiary/aromatic N) is 2. The molecule has 5 rings (SSSR count). The summed E-state index contributed by atoms with van der Waals surface area (Å²) in [4.78, 5) is 15.4. The molecule has 1 aliphatic heterocycles. The summed E-state index contributed by atoms with van der Waals surface area (Å²) in [6.07, 6.45) is 3.85. The first-order chi connectivity index (χ1) is 14.8. The standard InChI is InChI=1S/C24H24N4O2.ClH/c29-23-14-22(18-9-11-25-12-10-18)28-24(27-23)21(15-26-28)19-7-4-8-20(13-19)30-16-17-5-2-1-3-6-17;/h1-8,13-15,18,25H,9-12,16H2,(H,27,29);1H. The van der Waals surface area contributed by atoms with Crippen LogP contribution in [-0.2, 0) is 6.61 Å². The second-order valence-electron chi connectivity index (χ2n) is 7.70. The maximum absolute atomic E-state index is 12.4. The van der Waals surface area contributed by atoms with Crippen molar-refractivity contribution >= 4 is 18.1 Å². The number of aromatic nitrogens is 3. The Morgan fingerprint density at radius 2 is 1.84 bits per heavy atom. The molecule has 4 aromatic rings. The predicted molar refractivity (Wildman–Crippen MR) is 124 cm³/mol. The molecular weight excluding hydrogens is 412 g/mol. The van der Waals surface area contributed by atoms with Crippen molar-refractivity contribution < 1.29 is 4.74 Å². The van der Waals surface area contributed by atoms with Gasteiger partial charge in [0, 0.05) is 17.5 Å². The summed E-state index contributed by atoms with van der Waals surface area (Å²) in [6.45, 7) is 2.44. The van der Waals surface area contributed by atoms with Gasteiger partial charge in [-0.25, -0.2) is 4.52 Å². The Morgan fingerprint density at radius 3 is 2.65 bits per heavy atom. The lowest BCUT2D eigenvalue weighted by Crippen LogP contribution is -2.28. The lowest BCUT2D eigenvalue weighted by molar-refractivity contribution is 0.306. The van der Waals surface area contributed by atoms with Crippen LogP contribution < -0.4 is 15.6 Å². The third-order valence-electron chi connectivity index (χ3n) is 5.69. The number of H-pyrrole nitrogens is 1. The molecular formula is C24H25ClN4O2. The molecule has 7 heteroatoms. The first kappa shape index (κ1) is 21.2. The minimum Gasteiger partial charge on any atom is -0.489 e. The number of halogens is 1. The number of nitrogens with one attached hydrogen (secondary N) is 2. The summed E-state index contributed by atoms with van der Waals surface area (Å²) in [6, 6.07) is 19.7. The van der Waals surface area contributed by atoms with Crippen molar-refractivity contribution in [2.24, 2.45) is 0 Å². The van der Waals surface area contributed by atoms with Gasteiger partial charge in [-0.15, -0.1) is 12.4 Å². The second kappa shape index (κ2) is 9.37. The van der Waals surface area contributed by atoms with E-state index >= 15 is 0 Å². The van der Waals surface area contributed by atoms with E-state index in [9.17, 15) is 4.79 Å². The number of rotatable bonds is 5. The molecule has 1 aliphatic rings. The monoisotopic (exact) mass is 436 g/mol. The van der Waals surface area contributed by atoms with E-state index in [1.54, 1.807) is 6.07 Å². The van der Waals surface area contributed by atoms with Crippen molar-refractivity contribution in [3.05, 3.63) is 88.5 Å². The highest BCUT2D eigenvalue weighted by atomic mass is 35.5. The van der Waals surface area contributed by atoms with E-state index in [1.807, 2.05) is 65.3 Å². The Bertz CT molecular complexity index is 1210. The quantitative estimate of drug-likeness (QED) is 0.493. The zero-order chi connectivity index (χ0) is 20.3. The minimum absolute atomic E-state index is 0. The van der Waals surface area contributed by atoms with Gasteiger partial charge in [0.1, 0.15) is 18.0 Å². The Balaban J connectivity index is 0.00000231. The molecule has 0 amide bonds. The van der Waals surface area contributed by atoms with Crippen molar-refractivity contribution in [2.75, 3.05) is 13.1 Å². The number of benzene rings is 2. The van der Waals surface area contributed by atoms with Crippen LogP contribution in [0.25, 0.3) is 16.8 Å². The molecule has 160 valence electrons. The summed E-state index contributed by atoms with van der Waals surface area (Å²) >= 11 is 0. The van der Waals surface area contributed by atoms with Gasteiger partial charge in [-0.05, 0) is 49.2 Å². The van der Waals surface area contributed by atoms with Crippen LogP contribution in [-0.4, -0.2) is 27.7 Å². The number of hydrogen-bond donors (Lipinski definition) is 2. The molecule has 2 aromatic carbocycles. The van der Waals surface area contributed by atoms with Gasteiger partial charge in [-0.1, -0.05) is 42.5 Å². The maximum atomic E-state index is 12.4. The third kappa shape index (κ3) is 4.50. The Labute approximate surface area is 186 Å². The molecule has 31 heavy (non-hydrogen) atoms. The fourth-order valence-electron chi connectivity index (χ4n) is 4.13. The number of hydrogen-bond acceptors (Lipinski definition) is 4. The zero-order valence-electron chi connectivity index (χ0n) is 17.1. The summed E-state index contributed by atoms with van der Waals surface area (Å²) < 4.78 is 7.87. The molecule has 1 fully saturated rings. The van der Waals surface area contributed by atoms with Crippen molar-refractivity contribution in [1.82, 2.24) is 19.9 Å². The molecule has 2 N–H and O–H groups in total. The topological polar surface area (TPSA) is 71.4 Å². The van der Waals surface area contributed by atoms with Gasteiger partial charge in [-0.3, -0.25) is 4.79 Å². The van der Waals surface area contributed by atoms with Crippen LogP contribution in [0.4, 0.5) is 0 Å². The van der Waals surface area contributed by atoms with Gasteiger partial charge >= 0.3 is 0 Å². The fourth-order valence-corrected chi connectivity index (χ4v) is 4.13. The van der Waals surface area contributed by atoms with Gasteiger partial charge in [0.15, 0.2) is 0 Å². The van der Waals surface area contributed by atoms with E-state index in [4.69, 9.17) is 4.74 Å². The van der Waals surface area contributed by atoms with E-state index < -0.39 is 0 Å². The normalized spacial score (nSPS) is 14.3. The molecule has 6 nitrogen and oxygen atoms in total. The Kier molecular flexibility index (Phi) is 6.39. The van der Waals surface area contributed by atoms with E-state index in [0.29, 0.717) is 12.5 Å². The lowest BCUT2D eigenvalue weighted by Gasteiger charge is -2.23. The molecule has 0 bridgehead atoms. The highest BCUT2D eigenvalue weighted by molar-refractivity contribution is 5.85. The van der Waals surface area contributed by atoms with Crippen LogP contribution in [0, 0.1) is 0 Å². The zero-order valence-corrected chi connectivity index (χ0v) is 17.9. The first-order valence-electron chi connectivity index (χ1n) is 10.4. The predicted octanol–water partition coefficient (Wildman–Crippen LogP) is 4.16. The van der Waals surface area contributed by atoms with Gasteiger partial charge in [0.05, 0.1) is 11.9 Å². The number of fused-ring (bicyclic) bond motifs is 1. The first-order valence-corrected chi connectivity index (χ1v) is 10.4. The van der Waals surface area contributed by atoms with E-state index in [0.717, 1.165) is 59.7 Å². The SMILES string of the molecule is Cl.O=c1cc(C2CCNCC2)n2ncc(-c3cccc(OCc4ccccc4)c3)c2[nH]1. The molecule has 3 heterocycles. The number of piperidine rings is 1. The Hall–Kier alpha value is -3.09. The molecule has 0 saturated carbocycles. The average Bonchev–Trinajstić information content (AvgIpc) is 3.22. The molecule has 2 aromatic heterocycles. The smallest absolute Gasteiger partial charge is 0.251 e. The van der Waals surface area contributed by atoms with Crippen LogP contribution in [0.1, 0.15) is 30.0 Å². The highest BCUT2D eigenvalue weighted by Crippen LogP contribution is 2.30. The molecule has 0 spiro atoms. The van der Waals surface area contributed by atoms with Crippen LogP contribution in [0.2, 0.25) is 0 Å². The largest absolute Gasteiger partial charge is 0.489 e. The lowest BCUT2D eigenvalue weighted by atomic mass is 9.94. The molecule has 0 atom stereocenters. The van der Waals surface area contributed by atoms with E-state index in [-0.39, 0.29) is 18.0 Å². The van der Waals surface area contributed by atoms with Gasteiger partial charge in [-0.2, -0.15) is 5.10 Å². The summed E-state index contributed by atoms with van der Waals surface area (Å²) in [5, 5.41) is 8.00. The third-order valence-corrected chi connectivity index (χ3v) is 5.69. The van der Waals surface area contributed by atoms with Crippen molar-refractivity contribution in [3.63, 3.8) is 0 Å². The van der Waals surface area contributed by atoms with Crippen molar-refractivity contribution in [2.45, 2.75) is 25.4 Å². The van der Waals surface area contributed by atoms with Crippen LogP contribution >= 0.6 is 12.4 Å². The maximum Gasteiger partial charge on any atom is 0.251 e. The van der Waals surface area contributed by atoms with Crippen LogP contribution in [0.5, 0.6) is 5.75 Å². The second-order valence-corrected chi connectivity index (χ2v) is 7.70. The molecule has 1 saturated heterocycles. The molecule has 0 unspecified atom stereocenters. The minimum atomic E-state index is -0.0886. The average molecular weight is 437 g/mol. The van der Waals surface area contributed by atoms with Crippen molar-refractivity contribution in [3.8, 4) is 16.9 Å². The van der Waals surface area contributed by atoms with E-state index in [1.165, 1.54) is 0 Å². The van der Waals surface area contributed by atoms with Crippen molar-refractivity contribution in [1.29, 1.82) is 0 Å². The summed E-state index contributed by atoms with van der Waals surface area (Å²) in [5.41, 5.74) is 4.61. The summed E-state index contributed by atoms with van der Waals surface area (Å²) in [7, 11) is 0. The molecule has 0 aliphatic carbocycles. The van der Waals surface area contributed by atoms with E-state index in [2.05, 4.69) is 15.4 Å². The summed E-state index contributed by atoms with van der Waals surface area (Å²) in [5.74, 6) is 1.12. The Morgan fingerprint density at radius 1 is 1.03 bits per heavy atom. The number of aromatic amines is 1. The van der Waals surface area contributed by atoms with Gasteiger partial charge < -0.3 is 15.0 Å². The number of ether oxygens (including phenoxy) is 1. The van der Waals surface area contributed by atoms with Gasteiger partial charge in [0.2, 0.25) is 0 Å². The fraction of sp³-hybridized carbons (Fsp3) is 0.250. The highest BCUT2D eigenvalue weighted by Gasteiger charge is 2.21. The van der Waals surface area contributed by atoms with Crippen LogP contribution in [0.15, 0.2) is 71.7 Å². The van der Waals surface area contributed by atoms with Crippen LogP contribution in [0.3, 0.4) is 0 Å².